The highest BCUT2D eigenvalue weighted by Gasteiger charge is 2.29. The number of aliphatic imine (C=N–C) groups is 1. The van der Waals surface area contributed by atoms with E-state index in [1.807, 2.05) is 0 Å². The molecular formula is C15H22ClFN4. The van der Waals surface area contributed by atoms with Gasteiger partial charge >= 0.3 is 0 Å². The molecule has 4 nitrogen and oxygen atoms in total. The third kappa shape index (κ3) is 3.66. The molecule has 0 saturated heterocycles. The smallest absolute Gasteiger partial charge is 0.191 e. The maximum Gasteiger partial charge on any atom is 0.191 e. The van der Waals surface area contributed by atoms with Crippen LogP contribution in [-0.4, -0.2) is 48.5 Å². The van der Waals surface area contributed by atoms with Gasteiger partial charge in [-0.15, -0.1) is 0 Å². The topological polar surface area (TPSA) is 44.9 Å². The molecule has 0 fully saturated rings. The number of nitrogens with two attached hydrogens (primary N) is 1. The first kappa shape index (κ1) is 16.0. The first-order valence-corrected chi connectivity index (χ1v) is 7.68. The van der Waals surface area contributed by atoms with E-state index in [2.05, 4.69) is 28.6 Å². The van der Waals surface area contributed by atoms with E-state index in [-0.39, 0.29) is 11.9 Å². The number of halogens is 2. The number of hydrogen-bond donors (Lipinski definition) is 1. The summed E-state index contributed by atoms with van der Waals surface area (Å²) in [5.41, 5.74) is 6.87. The fourth-order valence-corrected chi connectivity index (χ4v) is 2.92. The molecule has 1 heterocycles. The van der Waals surface area contributed by atoms with Gasteiger partial charge in [-0.2, -0.15) is 0 Å². The van der Waals surface area contributed by atoms with Crippen molar-refractivity contribution in [2.24, 2.45) is 10.7 Å². The maximum atomic E-state index is 13.2. The van der Waals surface area contributed by atoms with Crippen LogP contribution in [0.15, 0.2) is 23.2 Å². The van der Waals surface area contributed by atoms with E-state index in [0.717, 1.165) is 31.7 Å². The molecule has 2 N–H and O–H groups in total. The highest BCUT2D eigenvalue weighted by Crippen LogP contribution is 2.31. The Morgan fingerprint density at radius 2 is 2.14 bits per heavy atom. The minimum absolute atomic E-state index is 0.00587. The molecule has 2 rings (SSSR count). The number of guanidine groups is 1. The van der Waals surface area contributed by atoms with Crippen LogP contribution in [0.4, 0.5) is 4.39 Å². The van der Waals surface area contributed by atoms with Crippen LogP contribution in [0.3, 0.4) is 0 Å². The Kier molecular flexibility index (Phi) is 5.42. The Balaban J connectivity index is 2.12. The lowest BCUT2D eigenvalue weighted by Crippen LogP contribution is -2.41. The molecule has 0 aromatic heterocycles. The van der Waals surface area contributed by atoms with Gasteiger partial charge in [0.25, 0.3) is 0 Å². The quantitative estimate of drug-likeness (QED) is 0.878. The van der Waals surface area contributed by atoms with Gasteiger partial charge in [0, 0.05) is 18.1 Å². The minimum Gasteiger partial charge on any atom is -0.370 e. The Hall–Kier alpha value is -1.33. The summed E-state index contributed by atoms with van der Waals surface area (Å²) in [4.78, 5) is 8.70. The third-order valence-electron chi connectivity index (χ3n) is 3.97. The zero-order valence-electron chi connectivity index (χ0n) is 12.5. The van der Waals surface area contributed by atoms with Crippen LogP contribution in [-0.2, 0) is 0 Å². The van der Waals surface area contributed by atoms with Gasteiger partial charge in [0.05, 0.1) is 12.6 Å². The number of likely N-dealkylation sites (N-methyl/N-ethyl adjacent to an activating group) is 1. The predicted molar refractivity (Wildman–Crippen MR) is 85.1 cm³/mol. The molecule has 0 saturated carbocycles. The summed E-state index contributed by atoms with van der Waals surface area (Å²) in [6.45, 7) is 8.55. The van der Waals surface area contributed by atoms with Crippen LogP contribution in [0.2, 0.25) is 5.02 Å². The largest absolute Gasteiger partial charge is 0.370 e. The molecule has 1 atom stereocenters. The molecule has 0 aliphatic carbocycles. The molecule has 0 spiro atoms. The molecule has 1 aliphatic rings. The van der Waals surface area contributed by atoms with E-state index in [4.69, 9.17) is 17.3 Å². The van der Waals surface area contributed by atoms with Crippen LogP contribution in [0.25, 0.3) is 0 Å². The first-order chi connectivity index (χ1) is 10.1. The van der Waals surface area contributed by atoms with Crippen molar-refractivity contribution in [3.8, 4) is 0 Å². The zero-order chi connectivity index (χ0) is 15.4. The van der Waals surface area contributed by atoms with Crippen molar-refractivity contribution in [1.29, 1.82) is 0 Å². The van der Waals surface area contributed by atoms with Crippen molar-refractivity contribution >= 4 is 17.6 Å². The van der Waals surface area contributed by atoms with Crippen molar-refractivity contribution in [3.63, 3.8) is 0 Å². The van der Waals surface area contributed by atoms with E-state index >= 15 is 0 Å². The lowest BCUT2D eigenvalue weighted by molar-refractivity contribution is 0.248. The number of hydrogen-bond acceptors (Lipinski definition) is 4. The van der Waals surface area contributed by atoms with Crippen molar-refractivity contribution in [1.82, 2.24) is 9.80 Å². The molecule has 116 valence electrons. The summed E-state index contributed by atoms with van der Waals surface area (Å²) in [6, 6.07) is 4.49. The summed E-state index contributed by atoms with van der Waals surface area (Å²) in [6.07, 6.45) is 0. The van der Waals surface area contributed by atoms with Crippen LogP contribution in [0.1, 0.15) is 25.5 Å². The molecule has 6 heteroatoms. The molecule has 1 unspecified atom stereocenters. The van der Waals surface area contributed by atoms with E-state index in [1.54, 1.807) is 6.07 Å². The zero-order valence-corrected chi connectivity index (χ0v) is 13.3. The van der Waals surface area contributed by atoms with Gasteiger partial charge in [0.2, 0.25) is 0 Å². The molecule has 0 radical (unpaired) electrons. The number of benzene rings is 1. The van der Waals surface area contributed by atoms with Gasteiger partial charge in [-0.05, 0) is 30.8 Å². The number of nitrogens with zero attached hydrogens (tertiary/aromatic N) is 3. The van der Waals surface area contributed by atoms with Crippen LogP contribution < -0.4 is 5.73 Å². The van der Waals surface area contributed by atoms with Gasteiger partial charge < -0.3 is 15.5 Å². The maximum absolute atomic E-state index is 13.2. The second-order valence-electron chi connectivity index (χ2n) is 5.10. The Morgan fingerprint density at radius 3 is 2.76 bits per heavy atom. The molecular weight excluding hydrogens is 291 g/mol. The third-order valence-corrected chi connectivity index (χ3v) is 4.30. The highest BCUT2D eigenvalue weighted by atomic mass is 35.5. The van der Waals surface area contributed by atoms with E-state index in [1.165, 1.54) is 12.1 Å². The van der Waals surface area contributed by atoms with E-state index in [9.17, 15) is 4.39 Å². The Labute approximate surface area is 130 Å². The van der Waals surface area contributed by atoms with Gasteiger partial charge in [0.1, 0.15) is 5.82 Å². The second kappa shape index (κ2) is 7.09. The fourth-order valence-electron chi connectivity index (χ4n) is 2.63. The van der Waals surface area contributed by atoms with Crippen molar-refractivity contribution in [2.75, 3.05) is 32.7 Å². The molecule has 0 bridgehead atoms. The Bertz CT molecular complexity index is 516. The van der Waals surface area contributed by atoms with Crippen LogP contribution >= 0.6 is 11.6 Å². The monoisotopic (exact) mass is 312 g/mol. The summed E-state index contributed by atoms with van der Waals surface area (Å²) < 4.78 is 13.2. The lowest BCUT2D eigenvalue weighted by atomic mass is 10.1. The van der Waals surface area contributed by atoms with Crippen LogP contribution in [0, 0.1) is 5.82 Å². The molecule has 1 aromatic rings. The molecule has 1 aromatic carbocycles. The predicted octanol–water partition coefficient (Wildman–Crippen LogP) is 2.49. The normalized spacial score (nSPS) is 18.4. The average Bonchev–Trinajstić information content (AvgIpc) is 2.81. The Morgan fingerprint density at radius 1 is 1.43 bits per heavy atom. The number of rotatable bonds is 6. The summed E-state index contributed by atoms with van der Waals surface area (Å²) >= 11 is 6.17. The van der Waals surface area contributed by atoms with Gasteiger partial charge in [-0.3, -0.25) is 4.99 Å². The fraction of sp³-hybridized carbons (Fsp3) is 0.533. The summed E-state index contributed by atoms with van der Waals surface area (Å²) in [5, 5.41) is 0.428. The first-order valence-electron chi connectivity index (χ1n) is 7.30. The van der Waals surface area contributed by atoms with Crippen molar-refractivity contribution in [3.05, 3.63) is 34.6 Å². The van der Waals surface area contributed by atoms with Gasteiger partial charge in [-0.1, -0.05) is 31.5 Å². The van der Waals surface area contributed by atoms with E-state index < -0.39 is 0 Å². The van der Waals surface area contributed by atoms with Gasteiger partial charge in [0.15, 0.2) is 5.96 Å². The minimum atomic E-state index is -0.328. The SMILES string of the molecule is CCN(CC)CCN1C(N)=NCC1c1ccc(F)cc1Cl. The molecule has 21 heavy (non-hydrogen) atoms. The van der Waals surface area contributed by atoms with Crippen molar-refractivity contribution in [2.45, 2.75) is 19.9 Å². The van der Waals surface area contributed by atoms with Crippen LogP contribution in [0.5, 0.6) is 0 Å². The standard InChI is InChI=1S/C15H22ClFN4/c1-3-20(4-2)7-8-21-14(10-19-15(21)18)12-6-5-11(17)9-13(12)16/h5-6,9,14H,3-4,7-8,10H2,1-2H3,(H2,18,19). The van der Waals surface area contributed by atoms with E-state index in [0.29, 0.717) is 17.5 Å². The summed E-state index contributed by atoms with van der Waals surface area (Å²) in [7, 11) is 0. The highest BCUT2D eigenvalue weighted by molar-refractivity contribution is 6.31. The average molecular weight is 313 g/mol. The lowest BCUT2D eigenvalue weighted by Gasteiger charge is -2.29. The summed E-state index contributed by atoms with van der Waals surface area (Å²) in [5.74, 6) is 0.206. The molecule has 1 aliphatic heterocycles. The molecule has 0 amide bonds. The van der Waals surface area contributed by atoms with Gasteiger partial charge in [-0.25, -0.2) is 4.39 Å². The second-order valence-corrected chi connectivity index (χ2v) is 5.51. The van der Waals surface area contributed by atoms with Crippen molar-refractivity contribution < 1.29 is 4.39 Å².